The summed E-state index contributed by atoms with van der Waals surface area (Å²) >= 11 is 0. The standard InChI is InChI=1S/C20H22N4O4/c1-2-19(27)17(26)20(8-13(20)25)28-18(19)24-9-12(11-6-4-3-5-7-11)14-15(21)22-10-23-16(14)24/h1,6,9-10,13,17-18,25-27H,3-5,7-8H2,(H2,21,22,23)/t13?,17-,18+,19+,20?/m0/s1. The van der Waals surface area contributed by atoms with Crippen LogP contribution in [-0.4, -0.2) is 53.3 Å². The highest BCUT2D eigenvalue weighted by molar-refractivity contribution is 5.97. The third-order valence-corrected chi connectivity index (χ3v) is 6.26. The molecular weight excluding hydrogens is 360 g/mol. The number of ether oxygens (including phenoxy) is 1. The Morgan fingerprint density at radius 1 is 1.32 bits per heavy atom. The van der Waals surface area contributed by atoms with Crippen molar-refractivity contribution in [3.63, 3.8) is 0 Å². The molecule has 3 heterocycles. The van der Waals surface area contributed by atoms with Gasteiger partial charge in [-0.15, -0.1) is 6.42 Å². The van der Waals surface area contributed by atoms with Gasteiger partial charge < -0.3 is 30.4 Å². The molecule has 1 aliphatic heterocycles. The molecule has 2 fully saturated rings. The van der Waals surface area contributed by atoms with Crippen LogP contribution in [0, 0.1) is 12.3 Å². The maximum atomic E-state index is 11.1. The Balaban J connectivity index is 1.71. The Morgan fingerprint density at radius 2 is 2.11 bits per heavy atom. The summed E-state index contributed by atoms with van der Waals surface area (Å²) in [6, 6.07) is 0. The Morgan fingerprint density at radius 3 is 2.75 bits per heavy atom. The number of allylic oxidation sites excluding steroid dienone is 2. The van der Waals surface area contributed by atoms with Crippen LogP contribution < -0.4 is 5.73 Å². The summed E-state index contributed by atoms with van der Waals surface area (Å²) in [5.41, 5.74) is 5.38. The molecule has 3 aliphatic rings. The van der Waals surface area contributed by atoms with Crippen molar-refractivity contribution in [3.8, 4) is 12.3 Å². The van der Waals surface area contributed by atoms with Crippen LogP contribution in [0.5, 0.6) is 0 Å². The van der Waals surface area contributed by atoms with Crippen LogP contribution in [0.3, 0.4) is 0 Å². The van der Waals surface area contributed by atoms with Gasteiger partial charge in [-0.1, -0.05) is 12.0 Å². The first-order valence-corrected chi connectivity index (χ1v) is 9.47. The van der Waals surface area contributed by atoms with Crippen molar-refractivity contribution < 1.29 is 20.1 Å². The summed E-state index contributed by atoms with van der Waals surface area (Å²) in [5, 5.41) is 32.4. The van der Waals surface area contributed by atoms with E-state index in [4.69, 9.17) is 16.9 Å². The Kier molecular flexibility index (Phi) is 3.64. The van der Waals surface area contributed by atoms with Crippen molar-refractivity contribution >= 4 is 22.4 Å². The first-order valence-electron chi connectivity index (χ1n) is 9.47. The Labute approximate surface area is 161 Å². The van der Waals surface area contributed by atoms with Crippen LogP contribution in [0.4, 0.5) is 5.82 Å². The van der Waals surface area contributed by atoms with E-state index in [0.717, 1.165) is 36.8 Å². The van der Waals surface area contributed by atoms with Crippen LogP contribution in [-0.2, 0) is 4.74 Å². The molecule has 2 aromatic rings. The third kappa shape index (κ3) is 2.16. The van der Waals surface area contributed by atoms with Crippen molar-refractivity contribution in [2.24, 2.45) is 0 Å². The molecule has 1 saturated carbocycles. The Hall–Kier alpha value is -2.44. The lowest BCUT2D eigenvalue weighted by atomic mass is 9.93. The SMILES string of the molecule is C#C[C@@]1(O)[C@H](O)C2(CC2O)O[C@H]1n1cc(C2=CCCCC2)c2c(N)ncnc21. The van der Waals surface area contributed by atoms with Crippen LogP contribution in [0.2, 0.25) is 0 Å². The lowest BCUT2D eigenvalue weighted by Crippen LogP contribution is -2.46. The lowest BCUT2D eigenvalue weighted by Gasteiger charge is -2.26. The second kappa shape index (κ2) is 5.78. The molecular formula is C20H22N4O4. The van der Waals surface area contributed by atoms with E-state index in [2.05, 4.69) is 22.0 Å². The van der Waals surface area contributed by atoms with E-state index in [9.17, 15) is 15.3 Å². The average molecular weight is 382 g/mol. The number of anilines is 1. The molecule has 2 aromatic heterocycles. The zero-order valence-corrected chi connectivity index (χ0v) is 15.2. The number of aliphatic hydroxyl groups excluding tert-OH is 2. The molecule has 0 aromatic carbocycles. The van der Waals surface area contributed by atoms with Gasteiger partial charge in [0.15, 0.2) is 11.8 Å². The van der Waals surface area contributed by atoms with E-state index in [0.29, 0.717) is 16.9 Å². The summed E-state index contributed by atoms with van der Waals surface area (Å²) in [6.07, 6.45) is 11.8. The normalized spacial score (nSPS) is 37.2. The average Bonchev–Trinajstić information content (AvgIpc) is 3.11. The summed E-state index contributed by atoms with van der Waals surface area (Å²) in [7, 11) is 0. The molecule has 28 heavy (non-hydrogen) atoms. The van der Waals surface area contributed by atoms with E-state index >= 15 is 0 Å². The van der Waals surface area contributed by atoms with Gasteiger partial charge in [-0.25, -0.2) is 9.97 Å². The van der Waals surface area contributed by atoms with Crippen LogP contribution in [0.25, 0.3) is 16.6 Å². The van der Waals surface area contributed by atoms with E-state index in [1.165, 1.54) is 6.33 Å². The number of aromatic nitrogens is 3. The molecule has 0 amide bonds. The molecule has 0 bridgehead atoms. The molecule has 2 aliphatic carbocycles. The van der Waals surface area contributed by atoms with Gasteiger partial charge in [-0.3, -0.25) is 0 Å². The molecule has 1 saturated heterocycles. The molecule has 1 spiro atoms. The first-order chi connectivity index (χ1) is 13.4. The van der Waals surface area contributed by atoms with Crippen molar-refractivity contribution in [2.45, 2.75) is 61.7 Å². The van der Waals surface area contributed by atoms with Gasteiger partial charge in [0.05, 0.1) is 11.5 Å². The number of aliphatic hydroxyl groups is 3. The van der Waals surface area contributed by atoms with E-state index in [1.54, 1.807) is 10.8 Å². The fourth-order valence-electron chi connectivity index (χ4n) is 4.57. The fourth-order valence-corrected chi connectivity index (χ4v) is 4.57. The van der Waals surface area contributed by atoms with Crippen molar-refractivity contribution in [2.75, 3.05) is 5.73 Å². The van der Waals surface area contributed by atoms with Gasteiger partial charge in [0.25, 0.3) is 0 Å². The number of rotatable bonds is 2. The van der Waals surface area contributed by atoms with Gasteiger partial charge in [0, 0.05) is 18.2 Å². The van der Waals surface area contributed by atoms with Crippen molar-refractivity contribution in [1.82, 2.24) is 14.5 Å². The minimum atomic E-state index is -2.01. The number of nitrogens with zero attached hydrogens (tertiary/aromatic N) is 3. The predicted molar refractivity (Wildman–Crippen MR) is 102 cm³/mol. The van der Waals surface area contributed by atoms with Gasteiger partial charge in [-0.2, -0.15) is 0 Å². The number of fused-ring (bicyclic) bond motifs is 1. The number of terminal acetylenes is 1. The smallest absolute Gasteiger partial charge is 0.199 e. The topological polar surface area (TPSA) is 127 Å². The van der Waals surface area contributed by atoms with E-state index in [-0.39, 0.29) is 6.42 Å². The lowest BCUT2D eigenvalue weighted by molar-refractivity contribution is -0.0768. The summed E-state index contributed by atoms with van der Waals surface area (Å²) < 4.78 is 7.59. The van der Waals surface area contributed by atoms with E-state index < -0.39 is 29.6 Å². The van der Waals surface area contributed by atoms with E-state index in [1.807, 2.05) is 0 Å². The maximum Gasteiger partial charge on any atom is 0.199 e. The number of hydrogen-bond acceptors (Lipinski definition) is 7. The molecule has 0 radical (unpaired) electrons. The second-order valence-electron chi connectivity index (χ2n) is 7.90. The minimum absolute atomic E-state index is 0.211. The zero-order valence-electron chi connectivity index (χ0n) is 15.2. The van der Waals surface area contributed by atoms with Crippen LogP contribution in [0.15, 0.2) is 18.6 Å². The molecule has 8 heteroatoms. The summed E-state index contributed by atoms with van der Waals surface area (Å²) in [5.74, 6) is 2.61. The van der Waals surface area contributed by atoms with Gasteiger partial charge in [0.2, 0.25) is 0 Å². The molecule has 5 N–H and O–H groups in total. The van der Waals surface area contributed by atoms with Gasteiger partial charge in [0.1, 0.15) is 29.5 Å². The second-order valence-corrected chi connectivity index (χ2v) is 7.90. The molecule has 146 valence electrons. The van der Waals surface area contributed by atoms with Gasteiger partial charge >= 0.3 is 0 Å². The largest absolute Gasteiger partial charge is 0.390 e. The molecule has 5 rings (SSSR count). The Bertz CT molecular complexity index is 1040. The minimum Gasteiger partial charge on any atom is -0.390 e. The molecule has 5 atom stereocenters. The number of nitrogen functional groups attached to an aromatic ring is 1. The summed E-state index contributed by atoms with van der Waals surface area (Å²) in [6.45, 7) is 0. The number of nitrogens with two attached hydrogens (primary N) is 1. The first kappa shape index (κ1) is 17.6. The third-order valence-electron chi connectivity index (χ3n) is 6.26. The zero-order chi connectivity index (χ0) is 19.7. The maximum absolute atomic E-state index is 11.1. The van der Waals surface area contributed by atoms with Crippen molar-refractivity contribution in [3.05, 3.63) is 24.2 Å². The monoisotopic (exact) mass is 382 g/mol. The predicted octanol–water partition coefficient (Wildman–Crippen LogP) is 0.728. The molecule has 2 unspecified atom stereocenters. The molecule has 8 nitrogen and oxygen atoms in total. The van der Waals surface area contributed by atoms with Crippen molar-refractivity contribution in [1.29, 1.82) is 0 Å². The highest BCUT2D eigenvalue weighted by Gasteiger charge is 2.74. The quantitative estimate of drug-likeness (QED) is 0.564. The highest BCUT2D eigenvalue weighted by atomic mass is 16.6. The number of hydrogen-bond donors (Lipinski definition) is 4. The van der Waals surface area contributed by atoms with Gasteiger partial charge in [-0.05, 0) is 31.3 Å². The fraction of sp³-hybridized carbons (Fsp3) is 0.500. The van der Waals surface area contributed by atoms with Crippen LogP contribution >= 0.6 is 0 Å². The summed E-state index contributed by atoms with van der Waals surface area (Å²) in [4.78, 5) is 8.48. The van der Waals surface area contributed by atoms with Crippen LogP contribution in [0.1, 0.15) is 43.9 Å². The highest BCUT2D eigenvalue weighted by Crippen LogP contribution is 2.57.